The molecule has 4 rings (SSSR count). The zero-order valence-corrected chi connectivity index (χ0v) is 14.1. The van der Waals surface area contributed by atoms with Gasteiger partial charge in [0.15, 0.2) is 5.69 Å². The molecule has 1 aromatic rings. The molecule has 0 bridgehead atoms. The van der Waals surface area contributed by atoms with Crippen LogP contribution in [0.4, 0.5) is 0 Å². The Labute approximate surface area is 142 Å². The number of rotatable bonds is 3. The molecular formula is C17H26N4O3. The fraction of sp³-hybridized carbons (Fsp3) is 0.765. The molecule has 2 aliphatic heterocycles. The zero-order chi connectivity index (χ0) is 16.6. The van der Waals surface area contributed by atoms with Crippen LogP contribution >= 0.6 is 0 Å². The van der Waals surface area contributed by atoms with E-state index in [1.807, 2.05) is 0 Å². The van der Waals surface area contributed by atoms with Gasteiger partial charge in [0, 0.05) is 24.3 Å². The molecule has 2 saturated heterocycles. The number of ether oxygens (including phenoxy) is 1. The van der Waals surface area contributed by atoms with Gasteiger partial charge in [-0.25, -0.2) is 0 Å². The van der Waals surface area contributed by atoms with Gasteiger partial charge in [0.1, 0.15) is 5.60 Å². The molecular weight excluding hydrogens is 308 g/mol. The number of hydrogen-bond donors (Lipinski definition) is 2. The van der Waals surface area contributed by atoms with Gasteiger partial charge in [0.05, 0.1) is 19.8 Å². The van der Waals surface area contributed by atoms with Crippen LogP contribution in [0.25, 0.3) is 0 Å². The topological polar surface area (TPSA) is 81.7 Å². The molecule has 1 amide bonds. The van der Waals surface area contributed by atoms with Crippen LogP contribution in [-0.4, -0.2) is 82.5 Å². The van der Waals surface area contributed by atoms with Crippen molar-refractivity contribution in [2.24, 2.45) is 0 Å². The van der Waals surface area contributed by atoms with Gasteiger partial charge in [-0.15, -0.1) is 0 Å². The first-order valence-corrected chi connectivity index (χ1v) is 9.02. The van der Waals surface area contributed by atoms with Crippen molar-refractivity contribution in [2.75, 3.05) is 45.9 Å². The number of amides is 1. The molecule has 7 heteroatoms. The number of aliphatic hydroxyl groups is 1. The van der Waals surface area contributed by atoms with Gasteiger partial charge in [-0.05, 0) is 45.2 Å². The fourth-order valence-electron chi connectivity index (χ4n) is 4.19. The van der Waals surface area contributed by atoms with Crippen LogP contribution in [0, 0.1) is 0 Å². The maximum absolute atomic E-state index is 13.0. The highest BCUT2D eigenvalue weighted by Crippen LogP contribution is 2.25. The third-order valence-electron chi connectivity index (χ3n) is 5.37. The second kappa shape index (κ2) is 6.46. The zero-order valence-electron chi connectivity index (χ0n) is 14.1. The first-order chi connectivity index (χ1) is 11.6. The van der Waals surface area contributed by atoms with Crippen molar-refractivity contribution in [3.8, 4) is 0 Å². The molecule has 0 aromatic carbocycles. The minimum Gasteiger partial charge on any atom is -0.384 e. The molecule has 1 atom stereocenters. The number of nitrogens with zero attached hydrogens (tertiary/aromatic N) is 3. The van der Waals surface area contributed by atoms with E-state index >= 15 is 0 Å². The van der Waals surface area contributed by atoms with Gasteiger partial charge < -0.3 is 19.6 Å². The summed E-state index contributed by atoms with van der Waals surface area (Å²) >= 11 is 0. The van der Waals surface area contributed by atoms with Crippen LogP contribution in [0.5, 0.6) is 0 Å². The number of H-pyrrole nitrogens is 1. The monoisotopic (exact) mass is 334 g/mol. The van der Waals surface area contributed by atoms with Crippen LogP contribution in [0.3, 0.4) is 0 Å². The lowest BCUT2D eigenvalue weighted by Gasteiger charge is -2.33. The number of aryl methyl sites for hydroxylation is 1. The van der Waals surface area contributed by atoms with E-state index in [1.54, 1.807) is 4.90 Å². The Morgan fingerprint density at radius 2 is 2.08 bits per heavy atom. The maximum atomic E-state index is 13.0. The van der Waals surface area contributed by atoms with E-state index in [4.69, 9.17) is 4.74 Å². The maximum Gasteiger partial charge on any atom is 0.274 e. The third-order valence-corrected chi connectivity index (χ3v) is 5.37. The lowest BCUT2D eigenvalue weighted by atomic mass is 10.0. The molecule has 1 aliphatic carbocycles. The van der Waals surface area contributed by atoms with Gasteiger partial charge in [-0.2, -0.15) is 5.10 Å². The number of fused-ring (bicyclic) bond motifs is 1. The number of aromatic nitrogens is 2. The van der Waals surface area contributed by atoms with Crippen molar-refractivity contribution in [2.45, 2.75) is 37.7 Å². The predicted molar refractivity (Wildman–Crippen MR) is 88.0 cm³/mol. The molecule has 7 nitrogen and oxygen atoms in total. The Balaban J connectivity index is 1.50. The highest BCUT2D eigenvalue weighted by Gasteiger charge is 2.38. The lowest BCUT2D eigenvalue weighted by Crippen LogP contribution is -2.53. The second-order valence-electron chi connectivity index (χ2n) is 7.37. The number of carbonyl (C=O) groups is 1. The highest BCUT2D eigenvalue weighted by molar-refractivity contribution is 5.94. The quantitative estimate of drug-likeness (QED) is 0.825. The van der Waals surface area contributed by atoms with Crippen molar-refractivity contribution in [3.63, 3.8) is 0 Å². The van der Waals surface area contributed by atoms with Crippen molar-refractivity contribution in [1.29, 1.82) is 0 Å². The molecule has 1 unspecified atom stereocenters. The number of carbonyl (C=O) groups excluding carboxylic acids is 1. The standard InChI is InChI=1S/C17H26N4O3/c22-16(15-13-4-3-5-14(13)18-19-15)21-8-9-24-12-17(23,11-21)10-20-6-1-2-7-20/h23H,1-12H2,(H,18,19). The normalized spacial score (nSPS) is 28.1. The highest BCUT2D eigenvalue weighted by atomic mass is 16.5. The van der Waals surface area contributed by atoms with E-state index in [1.165, 1.54) is 12.8 Å². The number of likely N-dealkylation sites (tertiary alicyclic amines) is 1. The molecule has 0 radical (unpaired) electrons. The minimum absolute atomic E-state index is 0.0836. The summed E-state index contributed by atoms with van der Waals surface area (Å²) in [5.74, 6) is -0.0836. The average Bonchev–Trinajstić information content (AvgIpc) is 3.25. The van der Waals surface area contributed by atoms with E-state index in [-0.39, 0.29) is 12.5 Å². The molecule has 2 N–H and O–H groups in total. The van der Waals surface area contributed by atoms with Crippen molar-refractivity contribution in [3.05, 3.63) is 17.0 Å². The van der Waals surface area contributed by atoms with Crippen molar-refractivity contribution in [1.82, 2.24) is 20.0 Å². The summed E-state index contributed by atoms with van der Waals surface area (Å²) in [6.07, 6.45) is 5.32. The van der Waals surface area contributed by atoms with Gasteiger partial charge >= 0.3 is 0 Å². The summed E-state index contributed by atoms with van der Waals surface area (Å²) in [6, 6.07) is 0. The van der Waals surface area contributed by atoms with Crippen LogP contribution in [0.2, 0.25) is 0 Å². The molecule has 3 heterocycles. The summed E-state index contributed by atoms with van der Waals surface area (Å²) in [5.41, 5.74) is 1.69. The third kappa shape index (κ3) is 3.08. The summed E-state index contributed by atoms with van der Waals surface area (Å²) in [7, 11) is 0. The SMILES string of the molecule is O=C(c1n[nH]c2c1CCC2)N1CCOCC(O)(CN2CCCC2)C1. The number of hydrogen-bond acceptors (Lipinski definition) is 5. The molecule has 0 spiro atoms. The van der Waals surface area contributed by atoms with Crippen molar-refractivity contribution < 1.29 is 14.6 Å². The van der Waals surface area contributed by atoms with E-state index in [9.17, 15) is 9.90 Å². The summed E-state index contributed by atoms with van der Waals surface area (Å²) in [6.45, 7) is 4.15. The number of β-amino-alcohol motifs (C(OH)–C–C–N with tert-alkyl or cyclic N) is 1. The van der Waals surface area contributed by atoms with E-state index in [2.05, 4.69) is 15.1 Å². The molecule has 2 fully saturated rings. The Morgan fingerprint density at radius 1 is 1.25 bits per heavy atom. The lowest BCUT2D eigenvalue weighted by molar-refractivity contribution is -0.0524. The Morgan fingerprint density at radius 3 is 2.92 bits per heavy atom. The van der Waals surface area contributed by atoms with Gasteiger partial charge in [-0.1, -0.05) is 0 Å². The molecule has 3 aliphatic rings. The van der Waals surface area contributed by atoms with Crippen LogP contribution in [-0.2, 0) is 17.6 Å². The van der Waals surface area contributed by atoms with Crippen molar-refractivity contribution >= 4 is 5.91 Å². The predicted octanol–water partition coefficient (Wildman–Crippen LogP) is 0.198. The Bertz CT molecular complexity index is 611. The van der Waals surface area contributed by atoms with E-state index in [0.717, 1.165) is 43.6 Å². The first-order valence-electron chi connectivity index (χ1n) is 9.02. The Hall–Kier alpha value is -1.44. The molecule has 132 valence electrons. The molecule has 0 saturated carbocycles. The van der Waals surface area contributed by atoms with E-state index < -0.39 is 5.60 Å². The molecule has 24 heavy (non-hydrogen) atoms. The Kier molecular flexibility index (Phi) is 4.32. The summed E-state index contributed by atoms with van der Waals surface area (Å²) in [4.78, 5) is 16.9. The first kappa shape index (κ1) is 16.1. The second-order valence-corrected chi connectivity index (χ2v) is 7.37. The van der Waals surface area contributed by atoms with E-state index in [0.29, 0.717) is 31.9 Å². The van der Waals surface area contributed by atoms with Crippen LogP contribution < -0.4 is 0 Å². The van der Waals surface area contributed by atoms with Gasteiger partial charge in [0.25, 0.3) is 5.91 Å². The largest absolute Gasteiger partial charge is 0.384 e. The summed E-state index contributed by atoms with van der Waals surface area (Å²) < 4.78 is 5.61. The summed E-state index contributed by atoms with van der Waals surface area (Å²) in [5, 5.41) is 18.3. The minimum atomic E-state index is -1.00. The average molecular weight is 334 g/mol. The van der Waals surface area contributed by atoms with Crippen LogP contribution in [0.1, 0.15) is 41.0 Å². The number of aromatic amines is 1. The smallest absolute Gasteiger partial charge is 0.274 e. The number of nitrogens with one attached hydrogen (secondary N) is 1. The van der Waals surface area contributed by atoms with Gasteiger partial charge in [-0.3, -0.25) is 9.89 Å². The molecule has 1 aromatic heterocycles. The van der Waals surface area contributed by atoms with Crippen LogP contribution in [0.15, 0.2) is 0 Å². The van der Waals surface area contributed by atoms with Gasteiger partial charge in [0.2, 0.25) is 0 Å². The fourth-order valence-corrected chi connectivity index (χ4v) is 4.19.